The van der Waals surface area contributed by atoms with Crippen LogP contribution < -0.4 is 0 Å². The molecule has 0 radical (unpaired) electrons. The van der Waals surface area contributed by atoms with E-state index in [1.54, 1.807) is 24.3 Å². The molecule has 1 heterocycles. The van der Waals surface area contributed by atoms with Crippen LogP contribution in [-0.2, 0) is 9.59 Å². The Morgan fingerprint density at radius 3 is 2.70 bits per heavy atom. The molecule has 1 N–H and O–H groups in total. The summed E-state index contributed by atoms with van der Waals surface area (Å²) in [5, 5.41) is 9.89. The van der Waals surface area contributed by atoms with Gasteiger partial charge in [-0.05, 0) is 36.6 Å². The summed E-state index contributed by atoms with van der Waals surface area (Å²) in [4.78, 5) is 24.4. The summed E-state index contributed by atoms with van der Waals surface area (Å²) >= 11 is 11.7. The molecule has 20 heavy (non-hydrogen) atoms. The van der Waals surface area contributed by atoms with Gasteiger partial charge in [0.05, 0.1) is 10.0 Å². The molecule has 1 aromatic rings. The molecule has 1 aliphatic heterocycles. The van der Waals surface area contributed by atoms with E-state index in [0.717, 1.165) is 5.56 Å². The summed E-state index contributed by atoms with van der Waals surface area (Å²) in [6.45, 7) is 0.474. The third-order valence-electron chi connectivity index (χ3n) is 3.18. The maximum absolute atomic E-state index is 12.0. The van der Waals surface area contributed by atoms with Gasteiger partial charge in [-0.15, -0.1) is 0 Å². The summed E-state index contributed by atoms with van der Waals surface area (Å²) in [6.07, 6.45) is 4.17. The Balaban J connectivity index is 2.08. The van der Waals surface area contributed by atoms with Gasteiger partial charge in [-0.2, -0.15) is 0 Å². The average molecular weight is 314 g/mol. The number of amides is 1. The quantitative estimate of drug-likeness (QED) is 0.872. The number of carbonyl (C=O) groups is 2. The molecule has 106 valence electrons. The van der Waals surface area contributed by atoms with Crippen LogP contribution >= 0.6 is 23.2 Å². The van der Waals surface area contributed by atoms with Crippen molar-refractivity contribution in [2.75, 3.05) is 6.54 Å². The van der Waals surface area contributed by atoms with Gasteiger partial charge < -0.3 is 10.0 Å². The number of aliphatic carboxylic acids is 1. The lowest BCUT2D eigenvalue weighted by atomic mass is 10.2. The van der Waals surface area contributed by atoms with Gasteiger partial charge in [0.1, 0.15) is 6.04 Å². The molecule has 2 rings (SSSR count). The van der Waals surface area contributed by atoms with Gasteiger partial charge in [0.25, 0.3) is 0 Å². The summed E-state index contributed by atoms with van der Waals surface area (Å²) in [7, 11) is 0. The lowest BCUT2D eigenvalue weighted by Gasteiger charge is -2.19. The van der Waals surface area contributed by atoms with Crippen LogP contribution in [0.4, 0.5) is 0 Å². The second-order valence-electron chi connectivity index (χ2n) is 4.53. The highest BCUT2D eigenvalue weighted by molar-refractivity contribution is 6.42. The Labute approximate surface area is 126 Å². The SMILES string of the molecule is O=C(O)C1CCCN1C(=O)/C=C/c1ccc(Cl)c(Cl)c1. The smallest absolute Gasteiger partial charge is 0.326 e. The summed E-state index contributed by atoms with van der Waals surface area (Å²) < 4.78 is 0. The van der Waals surface area contributed by atoms with Gasteiger partial charge in [-0.3, -0.25) is 4.79 Å². The predicted octanol–water partition coefficient (Wildman–Crippen LogP) is 3.08. The molecule has 1 unspecified atom stereocenters. The molecule has 1 aliphatic rings. The summed E-state index contributed by atoms with van der Waals surface area (Å²) in [5.74, 6) is -1.26. The largest absolute Gasteiger partial charge is 0.480 e. The maximum Gasteiger partial charge on any atom is 0.326 e. The van der Waals surface area contributed by atoms with Crippen molar-refractivity contribution in [2.45, 2.75) is 18.9 Å². The predicted molar refractivity (Wildman–Crippen MR) is 77.9 cm³/mol. The minimum Gasteiger partial charge on any atom is -0.480 e. The van der Waals surface area contributed by atoms with Gasteiger partial charge in [-0.25, -0.2) is 4.79 Å². The van der Waals surface area contributed by atoms with Gasteiger partial charge in [0.15, 0.2) is 0 Å². The molecule has 4 nitrogen and oxygen atoms in total. The summed E-state index contributed by atoms with van der Waals surface area (Å²) in [6, 6.07) is 4.30. The van der Waals surface area contributed by atoms with E-state index in [4.69, 9.17) is 28.3 Å². The lowest BCUT2D eigenvalue weighted by molar-refractivity contribution is -0.146. The van der Waals surface area contributed by atoms with Gasteiger partial charge in [-0.1, -0.05) is 29.3 Å². The second-order valence-corrected chi connectivity index (χ2v) is 5.35. The van der Waals surface area contributed by atoms with E-state index in [9.17, 15) is 9.59 Å². The van der Waals surface area contributed by atoms with Crippen molar-refractivity contribution in [2.24, 2.45) is 0 Å². The molecular formula is C14H13Cl2NO3. The molecule has 1 atom stereocenters. The number of benzene rings is 1. The van der Waals surface area contributed by atoms with Crippen molar-refractivity contribution in [1.82, 2.24) is 4.90 Å². The Morgan fingerprint density at radius 1 is 1.30 bits per heavy atom. The zero-order chi connectivity index (χ0) is 14.7. The van der Waals surface area contributed by atoms with Gasteiger partial charge >= 0.3 is 5.97 Å². The van der Waals surface area contributed by atoms with E-state index >= 15 is 0 Å². The maximum atomic E-state index is 12.0. The van der Waals surface area contributed by atoms with Crippen LogP contribution in [0.15, 0.2) is 24.3 Å². The van der Waals surface area contributed by atoms with Crippen LogP contribution in [-0.4, -0.2) is 34.5 Å². The minimum absolute atomic E-state index is 0.305. The van der Waals surface area contributed by atoms with Crippen molar-refractivity contribution in [1.29, 1.82) is 0 Å². The van der Waals surface area contributed by atoms with Gasteiger partial charge in [0.2, 0.25) is 5.91 Å². The number of carboxylic acids is 1. The van der Waals surface area contributed by atoms with E-state index in [1.807, 2.05) is 0 Å². The Kier molecular flexibility index (Phi) is 4.68. The fraction of sp³-hybridized carbons (Fsp3) is 0.286. The monoisotopic (exact) mass is 313 g/mol. The Morgan fingerprint density at radius 2 is 2.05 bits per heavy atom. The number of rotatable bonds is 3. The molecular weight excluding hydrogens is 301 g/mol. The standard InChI is InChI=1S/C14H13Cl2NO3/c15-10-5-3-9(8-11(10)16)4-6-13(18)17-7-1-2-12(17)14(19)20/h3-6,8,12H,1-2,7H2,(H,19,20)/b6-4+. The molecule has 0 bridgehead atoms. The fourth-order valence-electron chi connectivity index (χ4n) is 2.17. The first-order valence-electron chi connectivity index (χ1n) is 6.15. The fourth-order valence-corrected chi connectivity index (χ4v) is 2.47. The summed E-state index contributed by atoms with van der Waals surface area (Å²) in [5.41, 5.74) is 0.735. The zero-order valence-corrected chi connectivity index (χ0v) is 12.1. The van der Waals surface area contributed by atoms with E-state index < -0.39 is 12.0 Å². The number of likely N-dealkylation sites (tertiary alicyclic amines) is 1. The van der Waals surface area contributed by atoms with Crippen molar-refractivity contribution >= 4 is 41.2 Å². The second kappa shape index (κ2) is 6.29. The molecule has 0 aliphatic carbocycles. The lowest BCUT2D eigenvalue weighted by Crippen LogP contribution is -2.39. The molecule has 1 aromatic carbocycles. The molecule has 1 fully saturated rings. The highest BCUT2D eigenvalue weighted by atomic mass is 35.5. The van der Waals surface area contributed by atoms with Crippen molar-refractivity contribution in [3.63, 3.8) is 0 Å². The van der Waals surface area contributed by atoms with Crippen LogP contribution in [0, 0.1) is 0 Å². The highest BCUT2D eigenvalue weighted by Crippen LogP contribution is 2.23. The molecule has 1 amide bonds. The van der Waals surface area contributed by atoms with Crippen LogP contribution in [0.1, 0.15) is 18.4 Å². The zero-order valence-electron chi connectivity index (χ0n) is 10.6. The number of halogens is 2. The first-order chi connectivity index (χ1) is 9.49. The number of carbonyl (C=O) groups excluding carboxylic acids is 1. The Hall–Kier alpha value is -1.52. The normalized spacial score (nSPS) is 18.7. The number of nitrogens with zero attached hydrogens (tertiary/aromatic N) is 1. The molecule has 1 saturated heterocycles. The van der Waals surface area contributed by atoms with E-state index in [1.165, 1.54) is 11.0 Å². The van der Waals surface area contributed by atoms with Crippen LogP contribution in [0.25, 0.3) is 6.08 Å². The third kappa shape index (κ3) is 3.32. The van der Waals surface area contributed by atoms with Crippen LogP contribution in [0.5, 0.6) is 0 Å². The Bertz CT molecular complexity index is 572. The molecule has 0 saturated carbocycles. The van der Waals surface area contributed by atoms with E-state index in [2.05, 4.69) is 0 Å². The van der Waals surface area contributed by atoms with E-state index in [-0.39, 0.29) is 5.91 Å². The topological polar surface area (TPSA) is 57.6 Å². The minimum atomic E-state index is -0.959. The first-order valence-corrected chi connectivity index (χ1v) is 6.91. The third-order valence-corrected chi connectivity index (χ3v) is 3.92. The van der Waals surface area contributed by atoms with Crippen molar-refractivity contribution in [3.05, 3.63) is 39.9 Å². The van der Waals surface area contributed by atoms with E-state index in [0.29, 0.717) is 29.4 Å². The van der Waals surface area contributed by atoms with Crippen molar-refractivity contribution in [3.8, 4) is 0 Å². The van der Waals surface area contributed by atoms with Crippen LogP contribution in [0.2, 0.25) is 10.0 Å². The first kappa shape index (κ1) is 14.9. The van der Waals surface area contributed by atoms with Gasteiger partial charge in [0, 0.05) is 12.6 Å². The molecule has 6 heteroatoms. The van der Waals surface area contributed by atoms with Crippen molar-refractivity contribution < 1.29 is 14.7 Å². The highest BCUT2D eigenvalue weighted by Gasteiger charge is 2.32. The van der Waals surface area contributed by atoms with Crippen LogP contribution in [0.3, 0.4) is 0 Å². The number of hydrogen-bond donors (Lipinski definition) is 1. The molecule has 0 aromatic heterocycles. The molecule has 0 spiro atoms. The average Bonchev–Trinajstić information content (AvgIpc) is 2.89. The number of carboxylic acid groups (broad SMARTS) is 1. The number of hydrogen-bond acceptors (Lipinski definition) is 2.